The molecular formula is C22H22ClN5OS. The second-order valence-electron chi connectivity index (χ2n) is 6.75. The predicted octanol–water partition coefficient (Wildman–Crippen LogP) is 4.48. The topological polar surface area (TPSA) is 64.9 Å². The van der Waals surface area contributed by atoms with E-state index in [4.69, 9.17) is 16.3 Å². The molecule has 6 nitrogen and oxygen atoms in total. The van der Waals surface area contributed by atoms with Gasteiger partial charge in [0.15, 0.2) is 0 Å². The molecule has 30 heavy (non-hydrogen) atoms. The minimum atomic E-state index is 0.431. The van der Waals surface area contributed by atoms with Gasteiger partial charge in [0.25, 0.3) is 0 Å². The number of aryl methyl sites for hydroxylation is 1. The van der Waals surface area contributed by atoms with Gasteiger partial charge < -0.3 is 10.1 Å². The van der Waals surface area contributed by atoms with Crippen LogP contribution in [0.2, 0.25) is 5.02 Å². The van der Waals surface area contributed by atoms with Crippen molar-refractivity contribution in [2.75, 3.05) is 12.3 Å². The number of benzene rings is 3. The maximum Gasteiger partial charge on any atom is 0.209 e. The van der Waals surface area contributed by atoms with E-state index in [1.165, 1.54) is 10.8 Å². The molecule has 1 heterocycles. The van der Waals surface area contributed by atoms with Crippen molar-refractivity contribution in [2.45, 2.75) is 18.3 Å². The number of halogens is 1. The van der Waals surface area contributed by atoms with Crippen molar-refractivity contribution in [2.24, 2.45) is 7.05 Å². The number of rotatable bonds is 9. The number of hydrogen-bond acceptors (Lipinski definition) is 6. The fourth-order valence-corrected chi connectivity index (χ4v) is 4.11. The van der Waals surface area contributed by atoms with E-state index < -0.39 is 0 Å². The fourth-order valence-electron chi connectivity index (χ4n) is 3.18. The lowest BCUT2D eigenvalue weighted by atomic mass is 10.0. The summed E-state index contributed by atoms with van der Waals surface area (Å²) in [4.78, 5) is 0. The van der Waals surface area contributed by atoms with Crippen LogP contribution in [0.25, 0.3) is 10.8 Å². The molecule has 0 unspecified atom stereocenters. The van der Waals surface area contributed by atoms with Gasteiger partial charge in [-0.25, -0.2) is 4.68 Å². The van der Waals surface area contributed by atoms with Crippen LogP contribution in [0, 0.1) is 0 Å². The van der Waals surface area contributed by atoms with Gasteiger partial charge in [0.05, 0.1) is 0 Å². The molecule has 0 atom stereocenters. The minimum absolute atomic E-state index is 0.431. The molecule has 0 amide bonds. The lowest BCUT2D eigenvalue weighted by molar-refractivity contribution is 0.303. The largest absolute Gasteiger partial charge is 0.488 e. The van der Waals surface area contributed by atoms with Crippen molar-refractivity contribution in [1.82, 2.24) is 25.5 Å². The second-order valence-corrected chi connectivity index (χ2v) is 8.22. The number of nitrogens with zero attached hydrogens (tertiary/aromatic N) is 4. The van der Waals surface area contributed by atoms with Gasteiger partial charge in [-0.2, -0.15) is 0 Å². The summed E-state index contributed by atoms with van der Waals surface area (Å²) in [5.74, 6) is 1.74. The summed E-state index contributed by atoms with van der Waals surface area (Å²) in [7, 11) is 1.84. The molecule has 0 saturated carbocycles. The average molecular weight is 440 g/mol. The number of ether oxygens (including phenoxy) is 1. The monoisotopic (exact) mass is 439 g/mol. The van der Waals surface area contributed by atoms with Gasteiger partial charge in [0.1, 0.15) is 12.4 Å². The van der Waals surface area contributed by atoms with E-state index in [0.29, 0.717) is 18.2 Å². The third-order valence-electron chi connectivity index (χ3n) is 4.73. The van der Waals surface area contributed by atoms with E-state index in [2.05, 4.69) is 51.2 Å². The molecule has 4 aromatic rings. The molecule has 0 spiro atoms. The summed E-state index contributed by atoms with van der Waals surface area (Å²) in [6.45, 7) is 1.96. The van der Waals surface area contributed by atoms with Gasteiger partial charge in [0.2, 0.25) is 5.16 Å². The highest BCUT2D eigenvalue weighted by molar-refractivity contribution is 7.99. The third kappa shape index (κ3) is 4.92. The van der Waals surface area contributed by atoms with E-state index in [1.54, 1.807) is 16.4 Å². The Kier molecular flexibility index (Phi) is 6.84. The first-order valence-electron chi connectivity index (χ1n) is 9.65. The maximum absolute atomic E-state index is 6.29. The number of fused-ring (bicyclic) bond motifs is 1. The van der Waals surface area contributed by atoms with Crippen molar-refractivity contribution in [3.8, 4) is 5.75 Å². The van der Waals surface area contributed by atoms with Crippen molar-refractivity contribution in [3.05, 3.63) is 76.8 Å². The predicted molar refractivity (Wildman–Crippen MR) is 121 cm³/mol. The van der Waals surface area contributed by atoms with Crippen molar-refractivity contribution < 1.29 is 4.74 Å². The molecule has 0 radical (unpaired) electrons. The highest BCUT2D eigenvalue weighted by atomic mass is 35.5. The molecule has 0 aliphatic rings. The minimum Gasteiger partial charge on any atom is -0.488 e. The first kappa shape index (κ1) is 20.7. The van der Waals surface area contributed by atoms with E-state index in [1.807, 2.05) is 37.4 Å². The Hall–Kier alpha value is -2.61. The fraction of sp³-hybridized carbons (Fsp3) is 0.227. The standard InChI is InChI=1S/C22H22ClN5OS/c1-28-22(25-26-27-28)30-13-12-24-14-19-18-8-4-2-6-16(18)10-11-21(19)29-15-17-7-3-5-9-20(17)23/h2-11,24H,12-15H2,1H3. The van der Waals surface area contributed by atoms with E-state index in [0.717, 1.165) is 34.3 Å². The highest BCUT2D eigenvalue weighted by Crippen LogP contribution is 2.29. The lowest BCUT2D eigenvalue weighted by Crippen LogP contribution is -2.17. The molecule has 154 valence electrons. The van der Waals surface area contributed by atoms with Gasteiger partial charge in [-0.1, -0.05) is 71.9 Å². The molecule has 0 fully saturated rings. The molecule has 1 N–H and O–H groups in total. The summed E-state index contributed by atoms with van der Waals surface area (Å²) >= 11 is 7.91. The number of thioether (sulfide) groups is 1. The van der Waals surface area contributed by atoms with Gasteiger partial charge >= 0.3 is 0 Å². The second kappa shape index (κ2) is 9.93. The smallest absolute Gasteiger partial charge is 0.209 e. The van der Waals surface area contributed by atoms with Gasteiger partial charge in [-0.15, -0.1) is 5.10 Å². The summed E-state index contributed by atoms with van der Waals surface area (Å²) in [6, 6.07) is 20.3. The van der Waals surface area contributed by atoms with E-state index in [9.17, 15) is 0 Å². The zero-order valence-electron chi connectivity index (χ0n) is 16.6. The molecule has 4 rings (SSSR count). The Morgan fingerprint density at radius 3 is 2.73 bits per heavy atom. The molecule has 1 aromatic heterocycles. The van der Waals surface area contributed by atoms with Crippen LogP contribution < -0.4 is 10.1 Å². The summed E-state index contributed by atoms with van der Waals surface area (Å²) in [5, 5.41) is 18.9. The van der Waals surface area contributed by atoms with Gasteiger partial charge in [-0.05, 0) is 33.3 Å². The molecule has 0 bridgehead atoms. The third-order valence-corrected chi connectivity index (χ3v) is 6.11. The van der Waals surface area contributed by atoms with Crippen LogP contribution in [-0.2, 0) is 20.2 Å². The summed E-state index contributed by atoms with van der Waals surface area (Å²) in [5.41, 5.74) is 2.12. The molecular weight excluding hydrogens is 418 g/mol. The van der Waals surface area contributed by atoms with Crippen LogP contribution >= 0.6 is 23.4 Å². The van der Waals surface area contributed by atoms with Crippen molar-refractivity contribution in [1.29, 1.82) is 0 Å². The molecule has 3 aromatic carbocycles. The van der Waals surface area contributed by atoms with Crippen LogP contribution in [0.15, 0.2) is 65.8 Å². The van der Waals surface area contributed by atoms with Gasteiger partial charge in [-0.3, -0.25) is 0 Å². The Balaban J connectivity index is 1.45. The molecule has 0 aliphatic carbocycles. The van der Waals surface area contributed by atoms with Crippen LogP contribution in [0.1, 0.15) is 11.1 Å². The van der Waals surface area contributed by atoms with Crippen LogP contribution in [0.3, 0.4) is 0 Å². The Bertz CT molecular complexity index is 1130. The van der Waals surface area contributed by atoms with Crippen LogP contribution in [0.5, 0.6) is 5.75 Å². The number of hydrogen-bond donors (Lipinski definition) is 1. The number of tetrazole rings is 1. The van der Waals surface area contributed by atoms with E-state index >= 15 is 0 Å². The molecule has 8 heteroatoms. The normalized spacial score (nSPS) is 11.1. The number of aromatic nitrogens is 4. The lowest BCUT2D eigenvalue weighted by Gasteiger charge is -2.15. The Morgan fingerprint density at radius 1 is 1.07 bits per heavy atom. The SMILES string of the molecule is Cn1nnnc1SCCNCc1c(OCc2ccccc2Cl)ccc2ccccc12. The van der Waals surface area contributed by atoms with Gasteiger partial charge in [0, 0.05) is 42.0 Å². The van der Waals surface area contributed by atoms with Crippen LogP contribution in [0.4, 0.5) is 0 Å². The van der Waals surface area contributed by atoms with Crippen LogP contribution in [-0.4, -0.2) is 32.5 Å². The number of nitrogens with one attached hydrogen (secondary N) is 1. The first-order chi connectivity index (χ1) is 14.7. The van der Waals surface area contributed by atoms with Crippen molar-refractivity contribution >= 4 is 34.1 Å². The zero-order valence-corrected chi connectivity index (χ0v) is 18.2. The zero-order chi connectivity index (χ0) is 20.8. The Labute approximate surface area is 184 Å². The first-order valence-corrected chi connectivity index (χ1v) is 11.0. The highest BCUT2D eigenvalue weighted by Gasteiger charge is 2.10. The van der Waals surface area contributed by atoms with E-state index in [-0.39, 0.29) is 0 Å². The van der Waals surface area contributed by atoms with Crippen molar-refractivity contribution in [3.63, 3.8) is 0 Å². The molecule has 0 saturated heterocycles. The summed E-state index contributed by atoms with van der Waals surface area (Å²) < 4.78 is 7.86. The quantitative estimate of drug-likeness (QED) is 0.306. The Morgan fingerprint density at radius 2 is 1.90 bits per heavy atom. The summed E-state index contributed by atoms with van der Waals surface area (Å²) in [6.07, 6.45) is 0. The molecule has 0 aliphatic heterocycles. The maximum atomic E-state index is 6.29. The average Bonchev–Trinajstić information content (AvgIpc) is 3.18.